The highest BCUT2D eigenvalue weighted by Crippen LogP contribution is 2.19. The van der Waals surface area contributed by atoms with Gasteiger partial charge in [-0.05, 0) is 63.1 Å². The van der Waals surface area contributed by atoms with Crippen LogP contribution in [-0.2, 0) is 9.59 Å². The lowest BCUT2D eigenvalue weighted by atomic mass is 10.0. The summed E-state index contributed by atoms with van der Waals surface area (Å²) >= 11 is 0. The van der Waals surface area contributed by atoms with E-state index >= 15 is 0 Å². The highest BCUT2D eigenvalue weighted by molar-refractivity contribution is 5.85. The van der Waals surface area contributed by atoms with E-state index in [1.807, 2.05) is 96.4 Å². The Labute approximate surface area is 193 Å². The summed E-state index contributed by atoms with van der Waals surface area (Å²) in [6.07, 6.45) is 15.8. The van der Waals surface area contributed by atoms with E-state index in [1.165, 1.54) is 0 Å². The Kier molecular flexibility index (Phi) is 12.9. The predicted octanol–water partition coefficient (Wildman–Crippen LogP) is 3.55. The van der Waals surface area contributed by atoms with E-state index in [4.69, 9.17) is 0 Å². The zero-order valence-corrected chi connectivity index (χ0v) is 19.9. The van der Waals surface area contributed by atoms with Gasteiger partial charge in [-0.1, -0.05) is 0 Å². The van der Waals surface area contributed by atoms with Crippen molar-refractivity contribution < 1.29 is 9.59 Å². The molecule has 2 heterocycles. The quantitative estimate of drug-likeness (QED) is 0.560. The topological polar surface area (TPSA) is 47.1 Å². The molecule has 0 radical (unpaired) electrons. The average molecular weight is 457 g/mol. The maximum atomic E-state index is 12.2. The molecule has 0 unspecified atom stereocenters. The average Bonchev–Trinajstić information content (AvgIpc) is 2.71. The molecule has 168 valence electrons. The van der Waals surface area contributed by atoms with Crippen molar-refractivity contribution in [2.45, 2.75) is 27.7 Å². The maximum absolute atomic E-state index is 12.2. The second kappa shape index (κ2) is 13.9. The number of carbonyl (C=O) groups is 2. The highest BCUT2D eigenvalue weighted by Gasteiger charge is 2.15. The van der Waals surface area contributed by atoms with Crippen LogP contribution in [0.3, 0.4) is 0 Å². The van der Waals surface area contributed by atoms with Gasteiger partial charge in [-0.3, -0.25) is 9.59 Å². The molecular formula is C22H34Cl2N4O2. The standard InChI is InChI=1S/C22H32N4O2.2ClH/c1-5-25(6-2)21(27)17-23-13-9-19(10-14-23)20-11-15-24(16-12-20)18-22(28)26(7-3)8-4;;/h9-16H,5-8,17-18H2,1-4H3;2*1H. The lowest BCUT2D eigenvalue weighted by Crippen LogP contribution is -2.37. The van der Waals surface area contributed by atoms with Gasteiger partial charge in [-0.2, -0.15) is 0 Å². The van der Waals surface area contributed by atoms with Crippen LogP contribution < -0.4 is 0 Å². The molecule has 0 saturated carbocycles. The zero-order chi connectivity index (χ0) is 20.5. The number of hydrogen-bond donors (Lipinski definition) is 0. The lowest BCUT2D eigenvalue weighted by molar-refractivity contribution is -0.131. The molecule has 0 aromatic rings. The summed E-state index contributed by atoms with van der Waals surface area (Å²) in [6.45, 7) is 11.6. The molecule has 2 amide bonds. The van der Waals surface area contributed by atoms with Gasteiger partial charge in [-0.25, -0.2) is 0 Å². The minimum Gasteiger partial charge on any atom is -0.345 e. The molecule has 0 atom stereocenters. The van der Waals surface area contributed by atoms with E-state index in [-0.39, 0.29) is 36.6 Å². The van der Waals surface area contributed by atoms with Gasteiger partial charge in [0, 0.05) is 51.0 Å². The van der Waals surface area contributed by atoms with Crippen molar-refractivity contribution in [1.82, 2.24) is 19.6 Å². The first-order valence-corrected chi connectivity index (χ1v) is 10.1. The molecule has 2 aliphatic rings. The first-order valence-electron chi connectivity index (χ1n) is 10.1. The molecule has 0 aromatic carbocycles. The van der Waals surface area contributed by atoms with Crippen LogP contribution in [-0.4, -0.2) is 70.7 Å². The van der Waals surface area contributed by atoms with Crippen LogP contribution in [0.5, 0.6) is 0 Å². The number of amides is 2. The van der Waals surface area contributed by atoms with Gasteiger partial charge in [0.25, 0.3) is 0 Å². The van der Waals surface area contributed by atoms with Crippen LogP contribution in [0.4, 0.5) is 0 Å². The van der Waals surface area contributed by atoms with E-state index in [9.17, 15) is 9.59 Å². The van der Waals surface area contributed by atoms with Crippen LogP contribution in [0.2, 0.25) is 0 Å². The number of hydrogen-bond acceptors (Lipinski definition) is 4. The van der Waals surface area contributed by atoms with Gasteiger partial charge in [0.1, 0.15) is 13.1 Å². The number of carbonyl (C=O) groups excluding carboxylic acids is 2. The highest BCUT2D eigenvalue weighted by atomic mass is 35.5. The fourth-order valence-electron chi connectivity index (χ4n) is 3.18. The molecule has 0 bridgehead atoms. The molecule has 0 aliphatic carbocycles. The maximum Gasteiger partial charge on any atom is 0.242 e. The van der Waals surface area contributed by atoms with Gasteiger partial charge in [0.15, 0.2) is 0 Å². The SMILES string of the molecule is CCN(CC)C(=O)CN1C=CC(=C2C=CN(CC(=O)N(CC)CC)C=C2)C=C1.Cl.Cl. The second-order valence-electron chi connectivity index (χ2n) is 6.65. The van der Waals surface area contributed by atoms with Crippen molar-refractivity contribution in [2.24, 2.45) is 0 Å². The predicted molar refractivity (Wildman–Crippen MR) is 127 cm³/mol. The van der Waals surface area contributed by atoms with Crippen molar-refractivity contribution in [3.8, 4) is 0 Å². The molecule has 8 heteroatoms. The summed E-state index contributed by atoms with van der Waals surface area (Å²) in [5.74, 6) is 0.253. The molecule has 2 rings (SSSR count). The second-order valence-corrected chi connectivity index (χ2v) is 6.65. The molecule has 30 heavy (non-hydrogen) atoms. The van der Waals surface area contributed by atoms with Gasteiger partial charge >= 0.3 is 0 Å². The van der Waals surface area contributed by atoms with E-state index in [2.05, 4.69) is 0 Å². The fraction of sp³-hybridized carbons (Fsp3) is 0.455. The number of rotatable bonds is 8. The van der Waals surface area contributed by atoms with E-state index < -0.39 is 0 Å². The van der Waals surface area contributed by atoms with Crippen LogP contribution in [0.15, 0.2) is 60.3 Å². The first-order chi connectivity index (χ1) is 13.5. The van der Waals surface area contributed by atoms with Gasteiger partial charge < -0.3 is 19.6 Å². The lowest BCUT2D eigenvalue weighted by Gasteiger charge is -2.25. The fourth-order valence-corrected chi connectivity index (χ4v) is 3.18. The Hall–Kier alpha value is -2.18. The van der Waals surface area contributed by atoms with Crippen LogP contribution >= 0.6 is 24.8 Å². The third-order valence-corrected chi connectivity index (χ3v) is 4.98. The number of allylic oxidation sites excluding steroid dienone is 6. The van der Waals surface area contributed by atoms with Gasteiger partial charge in [0.05, 0.1) is 0 Å². The largest absolute Gasteiger partial charge is 0.345 e. The molecule has 0 spiro atoms. The molecule has 0 fully saturated rings. The molecule has 0 aromatic heterocycles. The molecule has 2 aliphatic heterocycles. The van der Waals surface area contributed by atoms with Crippen molar-refractivity contribution >= 4 is 36.6 Å². The third-order valence-electron chi connectivity index (χ3n) is 4.98. The molecule has 0 N–H and O–H groups in total. The summed E-state index contributed by atoms with van der Waals surface area (Å²) in [4.78, 5) is 31.9. The minimum atomic E-state index is 0. The molecular weight excluding hydrogens is 423 g/mol. The Balaban J connectivity index is 0.00000420. The normalized spacial score (nSPS) is 14.4. The van der Waals surface area contributed by atoms with Gasteiger partial charge in [-0.15, -0.1) is 24.8 Å². The smallest absolute Gasteiger partial charge is 0.242 e. The van der Waals surface area contributed by atoms with Crippen LogP contribution in [0.1, 0.15) is 27.7 Å². The summed E-state index contributed by atoms with van der Waals surface area (Å²) in [6, 6.07) is 0. The first kappa shape index (κ1) is 27.8. The number of likely N-dealkylation sites (N-methyl/N-ethyl adjacent to an activating group) is 2. The Morgan fingerprint density at radius 3 is 1.13 bits per heavy atom. The van der Waals surface area contributed by atoms with Gasteiger partial charge in [0.2, 0.25) is 11.8 Å². The zero-order valence-electron chi connectivity index (χ0n) is 18.3. The van der Waals surface area contributed by atoms with Crippen LogP contribution in [0, 0.1) is 0 Å². The minimum absolute atomic E-state index is 0. The van der Waals surface area contributed by atoms with Crippen molar-refractivity contribution in [3.05, 3.63) is 60.3 Å². The number of halogens is 2. The summed E-state index contributed by atoms with van der Waals surface area (Å²) in [7, 11) is 0. The van der Waals surface area contributed by atoms with Crippen molar-refractivity contribution in [3.63, 3.8) is 0 Å². The monoisotopic (exact) mass is 456 g/mol. The Morgan fingerprint density at radius 2 is 0.900 bits per heavy atom. The Bertz CT molecular complexity index is 629. The summed E-state index contributed by atoms with van der Waals surface area (Å²) in [5, 5.41) is 0. The third kappa shape index (κ3) is 7.58. The molecule has 6 nitrogen and oxygen atoms in total. The van der Waals surface area contributed by atoms with Crippen molar-refractivity contribution in [2.75, 3.05) is 39.3 Å². The van der Waals surface area contributed by atoms with Crippen molar-refractivity contribution in [1.29, 1.82) is 0 Å². The summed E-state index contributed by atoms with van der Waals surface area (Å²) in [5.41, 5.74) is 2.16. The molecule has 0 saturated heterocycles. The van der Waals surface area contributed by atoms with E-state index in [0.717, 1.165) is 37.3 Å². The number of nitrogens with zero attached hydrogens (tertiary/aromatic N) is 4. The van der Waals surface area contributed by atoms with E-state index in [1.54, 1.807) is 0 Å². The summed E-state index contributed by atoms with van der Waals surface area (Å²) < 4.78 is 0. The van der Waals surface area contributed by atoms with Crippen LogP contribution in [0.25, 0.3) is 0 Å². The van der Waals surface area contributed by atoms with E-state index in [0.29, 0.717) is 13.1 Å². The Morgan fingerprint density at radius 1 is 0.633 bits per heavy atom.